The SMILES string of the molecule is CC(C(=O)N(C)Cc1cnn(-c2ccccc2)n1)C1CNC1. The van der Waals surface area contributed by atoms with Gasteiger partial charge in [0.2, 0.25) is 5.91 Å². The lowest BCUT2D eigenvalue weighted by atomic mass is 9.88. The monoisotopic (exact) mass is 299 g/mol. The standard InChI is InChI=1S/C16H21N5O/c1-12(13-8-17-9-13)16(22)20(2)11-14-10-18-21(19-14)15-6-4-3-5-7-15/h3-7,10,12-13,17H,8-9,11H2,1-2H3. The Morgan fingerprint density at radius 2 is 2.14 bits per heavy atom. The average molecular weight is 299 g/mol. The maximum Gasteiger partial charge on any atom is 0.225 e. The summed E-state index contributed by atoms with van der Waals surface area (Å²) in [6.07, 6.45) is 1.71. The molecule has 1 atom stereocenters. The van der Waals surface area contributed by atoms with Crippen molar-refractivity contribution < 1.29 is 4.79 Å². The third kappa shape index (κ3) is 3.01. The molecule has 6 heteroatoms. The van der Waals surface area contributed by atoms with Crippen molar-refractivity contribution in [1.29, 1.82) is 0 Å². The molecule has 1 aliphatic rings. The molecule has 22 heavy (non-hydrogen) atoms. The zero-order chi connectivity index (χ0) is 15.5. The number of hydrogen-bond acceptors (Lipinski definition) is 4. The summed E-state index contributed by atoms with van der Waals surface area (Å²) in [5.41, 5.74) is 1.70. The van der Waals surface area contributed by atoms with Crippen LogP contribution in [-0.4, -0.2) is 45.9 Å². The van der Waals surface area contributed by atoms with E-state index in [4.69, 9.17) is 0 Å². The lowest BCUT2D eigenvalue weighted by Gasteiger charge is -2.33. The van der Waals surface area contributed by atoms with Gasteiger partial charge >= 0.3 is 0 Å². The van der Waals surface area contributed by atoms with Crippen molar-refractivity contribution in [1.82, 2.24) is 25.2 Å². The minimum Gasteiger partial charge on any atom is -0.339 e. The lowest BCUT2D eigenvalue weighted by molar-refractivity contribution is -0.136. The van der Waals surface area contributed by atoms with Crippen molar-refractivity contribution in [2.45, 2.75) is 13.5 Å². The molecule has 1 fully saturated rings. The Morgan fingerprint density at radius 1 is 1.41 bits per heavy atom. The van der Waals surface area contributed by atoms with E-state index in [1.807, 2.05) is 44.3 Å². The van der Waals surface area contributed by atoms with Crippen molar-refractivity contribution in [2.24, 2.45) is 11.8 Å². The van der Waals surface area contributed by atoms with Gasteiger partial charge in [-0.25, -0.2) is 0 Å². The van der Waals surface area contributed by atoms with Crippen LogP contribution in [0.3, 0.4) is 0 Å². The summed E-state index contributed by atoms with van der Waals surface area (Å²) in [7, 11) is 1.83. The normalized spacial score (nSPS) is 16.1. The van der Waals surface area contributed by atoms with E-state index in [2.05, 4.69) is 15.5 Å². The summed E-state index contributed by atoms with van der Waals surface area (Å²) in [4.78, 5) is 15.7. The van der Waals surface area contributed by atoms with Gasteiger partial charge in [-0.05, 0) is 31.1 Å². The first-order valence-corrected chi connectivity index (χ1v) is 7.57. The third-order valence-corrected chi connectivity index (χ3v) is 4.21. The fraction of sp³-hybridized carbons (Fsp3) is 0.438. The number of hydrogen-bond donors (Lipinski definition) is 1. The van der Waals surface area contributed by atoms with Crippen molar-refractivity contribution in [3.8, 4) is 5.69 Å². The molecule has 3 rings (SSSR count). The van der Waals surface area contributed by atoms with Gasteiger partial charge in [-0.1, -0.05) is 25.1 Å². The first-order valence-electron chi connectivity index (χ1n) is 7.57. The molecule has 1 unspecified atom stereocenters. The largest absolute Gasteiger partial charge is 0.339 e. The quantitative estimate of drug-likeness (QED) is 0.897. The highest BCUT2D eigenvalue weighted by molar-refractivity contribution is 5.78. The molecular formula is C16H21N5O. The Kier molecular flexibility index (Phi) is 4.20. The van der Waals surface area contributed by atoms with E-state index in [-0.39, 0.29) is 11.8 Å². The molecule has 0 saturated carbocycles. The molecule has 2 aromatic rings. The number of amides is 1. The molecule has 1 aliphatic heterocycles. The molecule has 0 aliphatic carbocycles. The molecule has 0 spiro atoms. The minimum atomic E-state index is 0.0513. The van der Waals surface area contributed by atoms with Crippen molar-refractivity contribution >= 4 is 5.91 Å². The zero-order valence-corrected chi connectivity index (χ0v) is 12.9. The summed E-state index contributed by atoms with van der Waals surface area (Å²) >= 11 is 0. The molecule has 0 radical (unpaired) electrons. The molecule has 2 heterocycles. The number of para-hydroxylation sites is 1. The molecular weight excluding hydrogens is 278 g/mol. The van der Waals surface area contributed by atoms with Gasteiger partial charge in [0, 0.05) is 13.0 Å². The van der Waals surface area contributed by atoms with Crippen LogP contribution >= 0.6 is 0 Å². The molecule has 1 amide bonds. The number of aromatic nitrogens is 3. The highest BCUT2D eigenvalue weighted by Gasteiger charge is 2.30. The first kappa shape index (κ1) is 14.7. The Bertz CT molecular complexity index is 635. The predicted octanol–water partition coefficient (Wildman–Crippen LogP) is 1.08. The van der Waals surface area contributed by atoms with Gasteiger partial charge in [-0.2, -0.15) is 15.0 Å². The molecule has 1 aromatic carbocycles. The summed E-state index contributed by atoms with van der Waals surface area (Å²) in [6, 6.07) is 9.75. The van der Waals surface area contributed by atoms with Crippen molar-refractivity contribution in [2.75, 3.05) is 20.1 Å². The average Bonchev–Trinajstić information content (AvgIpc) is 2.94. The molecule has 1 N–H and O–H groups in total. The second kappa shape index (κ2) is 6.27. The Morgan fingerprint density at radius 3 is 2.77 bits per heavy atom. The second-order valence-electron chi connectivity index (χ2n) is 5.86. The number of benzene rings is 1. The number of nitrogens with one attached hydrogen (secondary N) is 1. The second-order valence-corrected chi connectivity index (χ2v) is 5.86. The first-order chi connectivity index (χ1) is 10.6. The van der Waals surface area contributed by atoms with Crippen LogP contribution in [0.25, 0.3) is 5.69 Å². The van der Waals surface area contributed by atoms with E-state index >= 15 is 0 Å². The minimum absolute atomic E-state index is 0.0513. The summed E-state index contributed by atoms with van der Waals surface area (Å²) in [5.74, 6) is 0.672. The summed E-state index contributed by atoms with van der Waals surface area (Å²) < 4.78 is 0. The Labute approximate surface area is 130 Å². The van der Waals surface area contributed by atoms with Crippen molar-refractivity contribution in [3.05, 3.63) is 42.2 Å². The molecule has 6 nitrogen and oxygen atoms in total. The topological polar surface area (TPSA) is 63.1 Å². The maximum absolute atomic E-state index is 12.4. The smallest absolute Gasteiger partial charge is 0.225 e. The van der Waals surface area contributed by atoms with E-state index in [0.29, 0.717) is 12.5 Å². The third-order valence-electron chi connectivity index (χ3n) is 4.21. The van der Waals surface area contributed by atoms with E-state index in [9.17, 15) is 4.79 Å². The van der Waals surface area contributed by atoms with Crippen LogP contribution < -0.4 is 5.32 Å². The lowest BCUT2D eigenvalue weighted by Crippen LogP contribution is -2.49. The van der Waals surface area contributed by atoms with Gasteiger partial charge in [0.1, 0.15) is 5.69 Å². The highest BCUT2D eigenvalue weighted by Crippen LogP contribution is 2.18. The number of rotatable bonds is 5. The van der Waals surface area contributed by atoms with Crippen LogP contribution in [0.15, 0.2) is 36.5 Å². The number of nitrogens with zero attached hydrogens (tertiary/aromatic N) is 4. The van der Waals surface area contributed by atoms with Crippen LogP contribution in [-0.2, 0) is 11.3 Å². The molecule has 1 aromatic heterocycles. The van der Waals surface area contributed by atoms with Gasteiger partial charge in [-0.15, -0.1) is 0 Å². The van der Waals surface area contributed by atoms with Crippen LogP contribution in [0.4, 0.5) is 0 Å². The summed E-state index contributed by atoms with van der Waals surface area (Å²) in [6.45, 7) is 4.36. The Balaban J connectivity index is 1.63. The van der Waals surface area contributed by atoms with E-state index < -0.39 is 0 Å². The van der Waals surface area contributed by atoms with Gasteiger partial charge in [0.15, 0.2) is 0 Å². The van der Waals surface area contributed by atoms with E-state index in [0.717, 1.165) is 24.5 Å². The predicted molar refractivity (Wildman–Crippen MR) is 83.4 cm³/mol. The maximum atomic E-state index is 12.4. The van der Waals surface area contributed by atoms with Gasteiger partial charge in [-0.3, -0.25) is 4.79 Å². The highest BCUT2D eigenvalue weighted by atomic mass is 16.2. The van der Waals surface area contributed by atoms with Crippen LogP contribution in [0.1, 0.15) is 12.6 Å². The summed E-state index contributed by atoms with van der Waals surface area (Å²) in [5, 5.41) is 11.9. The van der Waals surface area contributed by atoms with Gasteiger partial charge < -0.3 is 10.2 Å². The van der Waals surface area contributed by atoms with Crippen LogP contribution in [0, 0.1) is 11.8 Å². The van der Waals surface area contributed by atoms with E-state index in [1.54, 1.807) is 15.9 Å². The van der Waals surface area contributed by atoms with Crippen molar-refractivity contribution in [3.63, 3.8) is 0 Å². The van der Waals surface area contributed by atoms with Gasteiger partial charge in [0.05, 0.1) is 18.4 Å². The van der Waals surface area contributed by atoms with E-state index in [1.165, 1.54) is 0 Å². The molecule has 1 saturated heterocycles. The zero-order valence-electron chi connectivity index (χ0n) is 12.9. The molecule has 0 bridgehead atoms. The number of carbonyl (C=O) groups excluding carboxylic acids is 1. The van der Waals surface area contributed by atoms with Crippen LogP contribution in [0.2, 0.25) is 0 Å². The fourth-order valence-electron chi connectivity index (χ4n) is 2.59. The fourth-order valence-corrected chi connectivity index (χ4v) is 2.59. The number of carbonyl (C=O) groups is 1. The Hall–Kier alpha value is -2.21. The van der Waals surface area contributed by atoms with Crippen LogP contribution in [0.5, 0.6) is 0 Å². The molecule has 116 valence electrons. The van der Waals surface area contributed by atoms with Gasteiger partial charge in [0.25, 0.3) is 0 Å².